The maximum atomic E-state index is 14.4. The molecule has 11 atom stereocenters. The fourth-order valence-corrected chi connectivity index (χ4v) is 9.81. The van der Waals surface area contributed by atoms with Gasteiger partial charge in [-0.2, -0.15) is 0 Å². The molecule has 2 heterocycles. The molecule has 85 heavy (non-hydrogen) atoms. The van der Waals surface area contributed by atoms with Gasteiger partial charge >= 0.3 is 17.9 Å². The average Bonchev–Trinajstić information content (AvgIpc) is 4.37. The molecule has 0 radical (unpaired) electrons. The molecule has 30 heteroatoms. The van der Waals surface area contributed by atoms with Crippen LogP contribution < -0.4 is 59.7 Å². The van der Waals surface area contributed by atoms with Gasteiger partial charge in [0, 0.05) is 25.9 Å². The van der Waals surface area contributed by atoms with Gasteiger partial charge in [-0.1, -0.05) is 55.4 Å². The molecule has 0 aromatic rings. The number of carbonyl (C=O) groups is 14. The van der Waals surface area contributed by atoms with E-state index in [9.17, 15) is 82.4 Å². The fraction of sp³-hybridized carbons (Fsp3) is 0.745. The number of carbonyl (C=O) groups excluding carboxylic acids is 11. The van der Waals surface area contributed by atoms with Gasteiger partial charge in [-0.3, -0.25) is 62.3 Å². The molecule has 0 spiro atoms. The van der Waals surface area contributed by atoms with Crippen LogP contribution in [0.5, 0.6) is 0 Å². The van der Waals surface area contributed by atoms with E-state index in [0.29, 0.717) is 19.3 Å². The Kier molecular flexibility index (Phi) is 30.9. The third-order valence-corrected chi connectivity index (χ3v) is 14.4. The van der Waals surface area contributed by atoms with Gasteiger partial charge in [-0.25, -0.2) is 4.79 Å². The Balaban J connectivity index is 2.37. The van der Waals surface area contributed by atoms with Crippen molar-refractivity contribution in [3.63, 3.8) is 0 Å². The molecule has 0 unspecified atom stereocenters. The molecule has 2 aliphatic rings. The van der Waals surface area contributed by atoms with Crippen molar-refractivity contribution in [2.75, 3.05) is 19.6 Å². The molecule has 30 nitrogen and oxygen atoms in total. The van der Waals surface area contributed by atoms with E-state index < -0.39 is 187 Å². The van der Waals surface area contributed by atoms with Crippen molar-refractivity contribution in [2.24, 2.45) is 40.9 Å². The minimum Gasteiger partial charge on any atom is -0.481 e. The van der Waals surface area contributed by atoms with Crippen LogP contribution in [0, 0.1) is 23.7 Å². The Labute approximate surface area is 495 Å². The third kappa shape index (κ3) is 24.6. The minimum atomic E-state index is -1.84. The quantitative estimate of drug-likeness (QED) is 0.0284. The Morgan fingerprint density at radius 3 is 1.40 bits per heavy atom. The fourth-order valence-electron chi connectivity index (χ4n) is 9.81. The van der Waals surface area contributed by atoms with Crippen molar-refractivity contribution < 1.29 is 82.4 Å². The van der Waals surface area contributed by atoms with Gasteiger partial charge in [-0.05, 0) is 108 Å². The monoisotopic (exact) mass is 1210 g/mol. The molecule has 0 aliphatic carbocycles. The van der Waals surface area contributed by atoms with Crippen LogP contribution in [0.4, 0.5) is 0 Å². The maximum Gasteiger partial charge on any atom is 0.326 e. The number of nitrogens with one attached hydrogen (secondary N) is 8. The van der Waals surface area contributed by atoms with Crippen LogP contribution in [0.15, 0.2) is 0 Å². The number of rotatable bonds is 37. The second-order valence-corrected chi connectivity index (χ2v) is 23.4. The number of amides is 11. The molecule has 2 rings (SSSR count). The highest BCUT2D eigenvalue weighted by Gasteiger charge is 2.44. The first-order chi connectivity index (χ1) is 39.7. The number of unbranched alkanes of at least 4 members (excludes halogenated alkanes) is 1. The first-order valence-electron chi connectivity index (χ1n) is 29.1. The van der Waals surface area contributed by atoms with Crippen LogP contribution in [-0.2, 0) is 67.1 Å². The topological polar surface area (TPSA) is 480 Å². The summed E-state index contributed by atoms with van der Waals surface area (Å²) in [6, 6.07) is -14.7. The number of aliphatic carboxylic acids is 3. The average molecular weight is 1210 g/mol. The van der Waals surface area contributed by atoms with Gasteiger partial charge < -0.3 is 84.9 Å². The van der Waals surface area contributed by atoms with Crippen molar-refractivity contribution in [1.29, 1.82) is 0 Å². The number of likely N-dealkylation sites (tertiary alicyclic amines) is 2. The molecule has 2 saturated heterocycles. The number of primary amides is 1. The van der Waals surface area contributed by atoms with Crippen LogP contribution in [0.3, 0.4) is 0 Å². The van der Waals surface area contributed by atoms with Gasteiger partial charge in [0.1, 0.15) is 60.4 Å². The third-order valence-electron chi connectivity index (χ3n) is 14.4. The van der Waals surface area contributed by atoms with E-state index in [-0.39, 0.29) is 76.4 Å². The van der Waals surface area contributed by atoms with Crippen molar-refractivity contribution in [3.8, 4) is 0 Å². The highest BCUT2D eigenvalue weighted by molar-refractivity contribution is 6.00. The molecule has 0 aromatic carbocycles. The van der Waals surface area contributed by atoms with Crippen molar-refractivity contribution in [1.82, 2.24) is 52.3 Å². The van der Waals surface area contributed by atoms with Gasteiger partial charge in [-0.15, -0.1) is 0 Å². The molecule has 11 amide bonds. The highest BCUT2D eigenvalue weighted by atomic mass is 16.4. The highest BCUT2D eigenvalue weighted by Crippen LogP contribution is 2.24. The van der Waals surface area contributed by atoms with Crippen molar-refractivity contribution >= 4 is 82.9 Å². The normalized spacial score (nSPS) is 18.2. The first kappa shape index (κ1) is 73.6. The lowest BCUT2D eigenvalue weighted by atomic mass is 9.98. The molecule has 0 saturated carbocycles. The van der Waals surface area contributed by atoms with Crippen molar-refractivity contribution in [2.45, 2.75) is 219 Å². The first-order valence-corrected chi connectivity index (χ1v) is 29.1. The lowest BCUT2D eigenvalue weighted by molar-refractivity contribution is -0.145. The van der Waals surface area contributed by atoms with Gasteiger partial charge in [0.2, 0.25) is 65.0 Å². The van der Waals surface area contributed by atoms with E-state index in [1.54, 1.807) is 55.4 Å². The maximum absolute atomic E-state index is 14.4. The van der Waals surface area contributed by atoms with Crippen LogP contribution in [0.1, 0.15) is 152 Å². The summed E-state index contributed by atoms with van der Waals surface area (Å²) in [6.45, 7) is 15.3. The number of nitrogens with zero attached hydrogens (tertiary/aromatic N) is 2. The molecular weight excluding hydrogens is 1110 g/mol. The van der Waals surface area contributed by atoms with Crippen molar-refractivity contribution in [3.05, 3.63) is 0 Å². The Hall–Kier alpha value is -7.50. The summed E-state index contributed by atoms with van der Waals surface area (Å²) >= 11 is 0. The molecular formula is C55H93N13O17. The Morgan fingerprint density at radius 2 is 0.918 bits per heavy atom. The summed E-state index contributed by atoms with van der Waals surface area (Å²) in [5.41, 5.74) is 16.8. The summed E-state index contributed by atoms with van der Waals surface area (Å²) in [7, 11) is 0. The largest absolute Gasteiger partial charge is 0.481 e. The van der Waals surface area contributed by atoms with E-state index in [4.69, 9.17) is 17.2 Å². The van der Waals surface area contributed by atoms with Gasteiger partial charge in [0.25, 0.3) is 0 Å². The number of hydrogen-bond donors (Lipinski definition) is 14. The summed E-state index contributed by atoms with van der Waals surface area (Å²) in [5.74, 6) is -14.9. The van der Waals surface area contributed by atoms with E-state index >= 15 is 0 Å². The van der Waals surface area contributed by atoms with Gasteiger partial charge in [0.15, 0.2) is 0 Å². The second-order valence-electron chi connectivity index (χ2n) is 23.4. The summed E-state index contributed by atoms with van der Waals surface area (Å²) in [6.07, 6.45) is -0.931. The van der Waals surface area contributed by atoms with Gasteiger partial charge in [0.05, 0.1) is 12.5 Å². The minimum absolute atomic E-state index is 0.0345. The molecule has 0 bridgehead atoms. The predicted octanol–water partition coefficient (Wildman–Crippen LogP) is -2.58. The zero-order chi connectivity index (χ0) is 64.6. The molecule has 2 aliphatic heterocycles. The number of nitrogens with two attached hydrogens (primary N) is 3. The number of carboxylic acids is 3. The van der Waals surface area contributed by atoms with Crippen LogP contribution in [-0.4, -0.2) is 194 Å². The Morgan fingerprint density at radius 1 is 0.471 bits per heavy atom. The lowest BCUT2D eigenvalue weighted by Gasteiger charge is -2.33. The second kappa shape index (κ2) is 35.7. The number of hydrogen-bond acceptors (Lipinski definition) is 16. The predicted molar refractivity (Wildman–Crippen MR) is 305 cm³/mol. The van der Waals surface area contributed by atoms with Crippen LogP contribution >= 0.6 is 0 Å². The van der Waals surface area contributed by atoms with Crippen LogP contribution in [0.25, 0.3) is 0 Å². The van der Waals surface area contributed by atoms with E-state index in [0.717, 1.165) is 0 Å². The van der Waals surface area contributed by atoms with E-state index in [1.807, 2.05) is 0 Å². The summed E-state index contributed by atoms with van der Waals surface area (Å²) in [4.78, 5) is 188. The standard InChI is InChI=1S/C55H93N13O17/c1-27(2)24-35(63-50(79)38-15-13-23-68(38)54(83)44(30(7)8)66-51(80)39-16-12-22-67(39)53(82)34(18-20-41(70)71)61-45(74)31(9)57)49(78)65-43(29(5)6)52(81)60-32(14-10-11-21-56)46(75)59-33(17-19-40(58)69)47(76)62-36(26-42(72)73)48(77)64-37(55(84)85)25-28(3)4/h27-39,43-44H,10-26,56-57H2,1-9H3,(H2,58,69)(H,59,75)(H,60,81)(H,61,74)(H,62,76)(H,63,79)(H,64,77)(H,65,78)(H,66,80)(H,70,71)(H,72,73)(H,84,85)/t31-,32-,33-,34-,35-,36-,37-,38-,39-,43-,44-/m0/s1. The zero-order valence-corrected chi connectivity index (χ0v) is 50.4. The SMILES string of the molecule is CC(C)C[C@H](NC(=O)[C@H](CC(=O)O)NC(=O)[C@H](CCC(N)=O)NC(=O)[C@H](CCCCN)NC(=O)[C@@H](NC(=O)[C@H](CC(C)C)NC(=O)[C@@H]1CCCN1C(=O)[C@@H](NC(=O)[C@@H]1CCCN1C(=O)[C@H](CCC(=O)O)NC(=O)[C@H](C)N)C(C)C)C(C)C)C(=O)O. The zero-order valence-electron chi connectivity index (χ0n) is 50.4. The van der Waals surface area contributed by atoms with E-state index in [2.05, 4.69) is 42.5 Å². The Bertz CT molecular complexity index is 2390. The van der Waals surface area contributed by atoms with E-state index in [1.165, 1.54) is 16.7 Å². The molecule has 0 aromatic heterocycles. The lowest BCUT2D eigenvalue weighted by Crippen LogP contribution is -2.61. The molecule has 480 valence electrons. The number of carboxylic acid groups (broad SMARTS) is 3. The summed E-state index contributed by atoms with van der Waals surface area (Å²) < 4.78 is 0. The summed E-state index contributed by atoms with van der Waals surface area (Å²) in [5, 5.41) is 48.8. The van der Waals surface area contributed by atoms with Crippen LogP contribution in [0.2, 0.25) is 0 Å². The smallest absolute Gasteiger partial charge is 0.326 e. The molecule has 17 N–H and O–H groups in total. The molecule has 2 fully saturated rings.